The highest BCUT2D eigenvalue weighted by molar-refractivity contribution is 8.16. The summed E-state index contributed by atoms with van der Waals surface area (Å²) in [6.45, 7) is 9.19. The van der Waals surface area contributed by atoms with Gasteiger partial charge in [-0.2, -0.15) is 0 Å². The Morgan fingerprint density at radius 3 is 2.43 bits per heavy atom. The molecule has 1 amide bonds. The maximum Gasteiger partial charge on any atom is 0.254 e. The van der Waals surface area contributed by atoms with E-state index in [2.05, 4.69) is 18.7 Å². The van der Waals surface area contributed by atoms with Gasteiger partial charge in [0.15, 0.2) is 0 Å². The number of benzene rings is 1. The second-order valence-electron chi connectivity index (χ2n) is 5.33. The minimum atomic E-state index is 0.0935. The number of hydrogen-bond acceptors (Lipinski definition) is 3. The number of amides is 1. The lowest BCUT2D eigenvalue weighted by molar-refractivity contribution is 0.0778. The van der Waals surface area contributed by atoms with Crippen LogP contribution in [0.4, 0.5) is 0 Å². The van der Waals surface area contributed by atoms with Crippen molar-refractivity contribution in [2.75, 3.05) is 24.6 Å². The van der Waals surface area contributed by atoms with Crippen LogP contribution >= 0.6 is 23.5 Å². The number of likely N-dealkylation sites (N-methyl/N-ethyl adjacent to an activating group) is 1. The van der Waals surface area contributed by atoms with E-state index in [4.69, 9.17) is 0 Å². The normalized spacial score (nSPS) is 15.7. The molecule has 0 radical (unpaired) electrons. The zero-order valence-corrected chi connectivity index (χ0v) is 14.4. The molecule has 2 nitrogen and oxygen atoms in total. The third-order valence-electron chi connectivity index (χ3n) is 3.39. The van der Waals surface area contributed by atoms with Crippen molar-refractivity contribution < 1.29 is 4.79 Å². The predicted molar refractivity (Wildman–Crippen MR) is 95.1 cm³/mol. The number of hydrogen-bond donors (Lipinski definition) is 0. The molecule has 0 bridgehead atoms. The van der Waals surface area contributed by atoms with Crippen LogP contribution in [-0.2, 0) is 0 Å². The minimum Gasteiger partial charge on any atom is -0.335 e. The molecule has 1 aliphatic heterocycles. The van der Waals surface area contributed by atoms with E-state index in [0.29, 0.717) is 17.7 Å². The first-order chi connectivity index (χ1) is 10.1. The van der Waals surface area contributed by atoms with Crippen molar-refractivity contribution in [3.63, 3.8) is 0 Å². The van der Waals surface area contributed by atoms with Crippen LogP contribution in [0.15, 0.2) is 36.4 Å². The standard InChI is InChI=1S/C17H23NOS2/c1-4-18(12-13(2)3)16(19)14-6-8-15(9-7-14)17-20-10-5-11-21-17/h6-9,17H,2,4-5,10-12H2,1,3H3. The van der Waals surface area contributed by atoms with Crippen molar-refractivity contribution in [1.29, 1.82) is 0 Å². The number of thioether (sulfide) groups is 2. The summed E-state index contributed by atoms with van der Waals surface area (Å²) in [6, 6.07) is 8.15. The quantitative estimate of drug-likeness (QED) is 0.740. The summed E-state index contributed by atoms with van der Waals surface area (Å²) in [5.74, 6) is 2.57. The fourth-order valence-electron chi connectivity index (χ4n) is 2.30. The van der Waals surface area contributed by atoms with E-state index < -0.39 is 0 Å². The summed E-state index contributed by atoms with van der Waals surface area (Å²) >= 11 is 4.01. The number of carbonyl (C=O) groups excluding carboxylic acids is 1. The molecule has 4 heteroatoms. The first kappa shape index (κ1) is 16.5. The molecule has 0 aromatic heterocycles. The minimum absolute atomic E-state index is 0.0935. The monoisotopic (exact) mass is 321 g/mol. The molecular formula is C17H23NOS2. The van der Waals surface area contributed by atoms with Crippen molar-refractivity contribution in [3.05, 3.63) is 47.5 Å². The summed E-state index contributed by atoms with van der Waals surface area (Å²) in [5, 5.41) is 0. The average molecular weight is 322 g/mol. The van der Waals surface area contributed by atoms with Crippen molar-refractivity contribution in [2.45, 2.75) is 24.9 Å². The van der Waals surface area contributed by atoms with Crippen LogP contribution in [0.5, 0.6) is 0 Å². The van der Waals surface area contributed by atoms with Gasteiger partial charge in [0.05, 0.1) is 4.58 Å². The first-order valence-corrected chi connectivity index (χ1v) is 9.48. The number of rotatable bonds is 5. The number of nitrogens with zero attached hydrogens (tertiary/aromatic N) is 1. The van der Waals surface area contributed by atoms with Crippen LogP contribution < -0.4 is 0 Å². The SMILES string of the molecule is C=C(C)CN(CC)C(=O)c1ccc(C2SCCCS2)cc1. The fraction of sp³-hybridized carbons (Fsp3) is 0.471. The van der Waals surface area contributed by atoms with Gasteiger partial charge in [0.1, 0.15) is 0 Å². The second kappa shape index (κ2) is 7.95. The zero-order valence-electron chi connectivity index (χ0n) is 12.8. The molecule has 1 saturated heterocycles. The van der Waals surface area contributed by atoms with E-state index in [-0.39, 0.29) is 5.91 Å². The molecule has 1 aliphatic rings. The third kappa shape index (κ3) is 4.55. The summed E-state index contributed by atoms with van der Waals surface area (Å²) in [7, 11) is 0. The highest BCUT2D eigenvalue weighted by Gasteiger charge is 2.18. The van der Waals surface area contributed by atoms with E-state index in [1.807, 2.05) is 54.4 Å². The molecule has 1 aromatic carbocycles. The predicted octanol–water partition coefficient (Wildman–Crippen LogP) is 4.59. The van der Waals surface area contributed by atoms with Crippen LogP contribution in [0.2, 0.25) is 0 Å². The smallest absolute Gasteiger partial charge is 0.254 e. The van der Waals surface area contributed by atoms with Gasteiger partial charge in [-0.1, -0.05) is 24.3 Å². The van der Waals surface area contributed by atoms with Crippen LogP contribution in [-0.4, -0.2) is 35.4 Å². The van der Waals surface area contributed by atoms with Gasteiger partial charge >= 0.3 is 0 Å². The Morgan fingerprint density at radius 2 is 1.90 bits per heavy atom. The highest BCUT2D eigenvalue weighted by Crippen LogP contribution is 2.43. The molecule has 0 spiro atoms. The molecule has 0 atom stereocenters. The topological polar surface area (TPSA) is 20.3 Å². The van der Waals surface area contributed by atoms with Gasteiger partial charge < -0.3 is 4.90 Å². The molecular weight excluding hydrogens is 298 g/mol. The Bertz CT molecular complexity index is 492. The summed E-state index contributed by atoms with van der Waals surface area (Å²) in [6.07, 6.45) is 1.30. The van der Waals surface area contributed by atoms with Gasteiger partial charge in [0.2, 0.25) is 0 Å². The van der Waals surface area contributed by atoms with Crippen LogP contribution in [0, 0.1) is 0 Å². The molecule has 0 saturated carbocycles. The fourth-order valence-corrected chi connectivity index (χ4v) is 5.19. The maximum atomic E-state index is 12.5. The Kier molecular flexibility index (Phi) is 6.24. The molecule has 1 aromatic rings. The van der Waals surface area contributed by atoms with Crippen molar-refractivity contribution in [1.82, 2.24) is 4.90 Å². The average Bonchev–Trinajstić information content (AvgIpc) is 2.53. The third-order valence-corrected chi connectivity index (χ3v) is 6.40. The lowest BCUT2D eigenvalue weighted by Gasteiger charge is -2.23. The Hall–Kier alpha value is -0.870. The van der Waals surface area contributed by atoms with E-state index in [9.17, 15) is 4.79 Å². The summed E-state index contributed by atoms with van der Waals surface area (Å²) in [4.78, 5) is 14.3. The molecule has 0 unspecified atom stereocenters. The van der Waals surface area contributed by atoms with Crippen molar-refractivity contribution >= 4 is 29.4 Å². The molecule has 0 aliphatic carbocycles. The van der Waals surface area contributed by atoms with Gasteiger partial charge in [-0.05, 0) is 49.5 Å². The van der Waals surface area contributed by atoms with E-state index in [1.165, 1.54) is 23.5 Å². The van der Waals surface area contributed by atoms with Gasteiger partial charge in [-0.15, -0.1) is 23.5 Å². The van der Waals surface area contributed by atoms with Gasteiger partial charge in [-0.3, -0.25) is 4.79 Å². The Balaban J connectivity index is 2.06. The zero-order chi connectivity index (χ0) is 15.2. The van der Waals surface area contributed by atoms with Gasteiger partial charge in [0.25, 0.3) is 5.91 Å². The van der Waals surface area contributed by atoms with E-state index in [1.54, 1.807) is 0 Å². The second-order valence-corrected chi connectivity index (χ2v) is 8.05. The largest absolute Gasteiger partial charge is 0.335 e. The molecule has 0 N–H and O–H groups in total. The maximum absolute atomic E-state index is 12.5. The summed E-state index contributed by atoms with van der Waals surface area (Å²) < 4.78 is 0.528. The van der Waals surface area contributed by atoms with Gasteiger partial charge in [-0.25, -0.2) is 0 Å². The lowest BCUT2D eigenvalue weighted by atomic mass is 10.1. The van der Waals surface area contributed by atoms with E-state index >= 15 is 0 Å². The molecule has 1 heterocycles. The lowest BCUT2D eigenvalue weighted by Crippen LogP contribution is -2.32. The Labute approximate surface area is 136 Å². The Morgan fingerprint density at radius 1 is 1.29 bits per heavy atom. The molecule has 2 rings (SSSR count). The van der Waals surface area contributed by atoms with Crippen LogP contribution in [0.25, 0.3) is 0 Å². The van der Waals surface area contributed by atoms with Crippen molar-refractivity contribution in [3.8, 4) is 0 Å². The van der Waals surface area contributed by atoms with Crippen LogP contribution in [0.1, 0.15) is 40.8 Å². The molecule has 1 fully saturated rings. The van der Waals surface area contributed by atoms with Gasteiger partial charge in [0, 0.05) is 18.7 Å². The molecule has 114 valence electrons. The molecule has 21 heavy (non-hydrogen) atoms. The first-order valence-electron chi connectivity index (χ1n) is 7.38. The summed E-state index contributed by atoms with van der Waals surface area (Å²) in [5.41, 5.74) is 3.11. The van der Waals surface area contributed by atoms with E-state index in [0.717, 1.165) is 11.1 Å². The van der Waals surface area contributed by atoms with Crippen LogP contribution in [0.3, 0.4) is 0 Å². The number of carbonyl (C=O) groups is 1. The van der Waals surface area contributed by atoms with Crippen molar-refractivity contribution in [2.24, 2.45) is 0 Å². The highest BCUT2D eigenvalue weighted by atomic mass is 32.2.